The minimum absolute atomic E-state index is 0.487. The Bertz CT molecular complexity index is 97.1. The van der Waals surface area contributed by atoms with Crippen LogP contribution in [0.1, 0.15) is 0 Å². The van der Waals surface area contributed by atoms with Gasteiger partial charge in [-0.25, -0.2) is 0 Å². The minimum Gasteiger partial charge on any atom is -0.386 e. The summed E-state index contributed by atoms with van der Waals surface area (Å²) in [4.78, 5) is 2.44. The highest BCUT2D eigenvalue weighted by molar-refractivity contribution is 6.54. The molecule has 2 nitrogen and oxygen atoms in total. The molecule has 9 heavy (non-hydrogen) atoms. The molecule has 1 saturated heterocycles. The van der Waals surface area contributed by atoms with Crippen molar-refractivity contribution in [2.45, 2.75) is 5.79 Å². The average Bonchev–Trinajstić information content (AvgIpc) is 1.80. The Labute approximate surface area is 62.0 Å². The van der Waals surface area contributed by atoms with Crippen molar-refractivity contribution in [3.63, 3.8) is 0 Å². The molecule has 1 fully saturated rings. The zero-order chi connectivity index (χ0) is 6.85. The van der Waals surface area contributed by atoms with Gasteiger partial charge in [-0.1, -0.05) is 5.79 Å². The third kappa shape index (κ3) is 1.94. The Hall–Kier alpha value is 0.452. The van der Waals surface area contributed by atoms with Crippen LogP contribution in [0, 0.1) is 0 Å². The van der Waals surface area contributed by atoms with Crippen LogP contribution in [0.25, 0.3) is 0 Å². The number of hydrogen-bond acceptors (Lipinski definition) is 2. The summed E-state index contributed by atoms with van der Waals surface area (Å²) in [5.41, 5.74) is 0. The van der Waals surface area contributed by atoms with E-state index in [1.165, 1.54) is 18.5 Å². The predicted molar refractivity (Wildman–Crippen MR) is 41.7 cm³/mol. The summed E-state index contributed by atoms with van der Waals surface area (Å²) in [6.07, 6.45) is 0. The summed E-state index contributed by atoms with van der Waals surface area (Å²) in [6.45, 7) is 2.54. The van der Waals surface area contributed by atoms with Crippen LogP contribution in [0.4, 0.5) is 0 Å². The molecule has 0 bridgehead atoms. The highest BCUT2D eigenvalue weighted by Crippen LogP contribution is 2.00. The van der Waals surface area contributed by atoms with E-state index >= 15 is 0 Å². The second kappa shape index (κ2) is 3.03. The van der Waals surface area contributed by atoms with Gasteiger partial charge in [0.1, 0.15) is 0 Å². The predicted octanol–water partition coefficient (Wildman–Crippen LogP) is 0.0241. The van der Waals surface area contributed by atoms with E-state index in [0.29, 0.717) is 0 Å². The Kier molecular flexibility index (Phi) is 2.54. The Balaban J connectivity index is 2.35. The Morgan fingerprint density at radius 1 is 1.22 bits per heavy atom. The summed E-state index contributed by atoms with van der Waals surface area (Å²) in [5, 5.41) is 1.36. The van der Waals surface area contributed by atoms with Crippen molar-refractivity contribution in [1.82, 2.24) is 8.78 Å². The molecule has 0 saturated carbocycles. The first kappa shape index (κ1) is 7.56. The van der Waals surface area contributed by atoms with E-state index in [0.717, 1.165) is 0 Å². The molecule has 1 aliphatic heterocycles. The van der Waals surface area contributed by atoms with Gasteiger partial charge in [-0.3, -0.25) is 0 Å². The van der Waals surface area contributed by atoms with Crippen molar-refractivity contribution in [2.75, 3.05) is 32.6 Å². The zero-order valence-electron chi connectivity index (χ0n) is 6.59. The van der Waals surface area contributed by atoms with Crippen LogP contribution < -0.4 is 0 Å². The first-order chi connectivity index (χ1) is 4.20. The molecule has 0 amide bonds. The smallest absolute Gasteiger partial charge is 0.384 e. The number of rotatable bonds is 0. The minimum atomic E-state index is -0.487. The normalized spacial score (nSPS) is 25.0. The number of nitrogens with zero attached hydrogens (tertiary/aromatic N) is 2. The van der Waals surface area contributed by atoms with Crippen molar-refractivity contribution < 1.29 is 0 Å². The number of hydrogen-bond donors (Lipinski definition) is 0. The monoisotopic (exact) mass is 142 g/mol. The molecule has 0 unspecified atom stereocenters. The van der Waals surface area contributed by atoms with Gasteiger partial charge in [0.25, 0.3) is 0 Å². The first-order valence-corrected chi connectivity index (χ1v) is 6.07. The van der Waals surface area contributed by atoms with E-state index < -0.39 is 14.4 Å². The van der Waals surface area contributed by atoms with Crippen LogP contribution in [0.3, 0.4) is 0 Å². The lowest BCUT2D eigenvalue weighted by Crippen LogP contribution is -2.51. The van der Waals surface area contributed by atoms with Crippen molar-refractivity contribution in [1.29, 1.82) is 0 Å². The van der Waals surface area contributed by atoms with Gasteiger partial charge in [-0.2, -0.15) is 0 Å². The third-order valence-corrected chi connectivity index (χ3v) is 5.08. The lowest BCUT2D eigenvalue weighted by molar-refractivity contribution is 0.303. The van der Waals surface area contributed by atoms with E-state index in [9.17, 15) is 0 Å². The SMILES string of the molecule is CN1CC[N](C)[Al]([CH3])[CH2]1. The van der Waals surface area contributed by atoms with Crippen LogP contribution in [0.5, 0.6) is 0 Å². The topological polar surface area (TPSA) is 6.48 Å². The van der Waals surface area contributed by atoms with Gasteiger partial charge in [0.05, 0.1) is 0 Å². The molecule has 52 valence electrons. The summed E-state index contributed by atoms with van der Waals surface area (Å²) in [7, 11) is 4.47. The van der Waals surface area contributed by atoms with Crippen LogP contribution in [0.2, 0.25) is 5.79 Å². The standard InChI is InChI=1S/C5H12N2.CH3.Al/c1-6-4-5-7(2)3;;/h2,4-5H2,1,3H3;1H3;/q-1;;+1. The summed E-state index contributed by atoms with van der Waals surface area (Å²) >= 11 is -0.487. The lowest BCUT2D eigenvalue weighted by atomic mass is 10.6. The fourth-order valence-corrected chi connectivity index (χ4v) is 3.15. The molecule has 0 atom stereocenters. The van der Waals surface area contributed by atoms with Gasteiger partial charge >= 0.3 is 14.4 Å². The maximum atomic E-state index is 2.54. The maximum Gasteiger partial charge on any atom is 0.384 e. The zero-order valence-corrected chi connectivity index (χ0v) is 7.75. The van der Waals surface area contributed by atoms with Crippen LogP contribution in [-0.4, -0.2) is 55.7 Å². The maximum absolute atomic E-state index is 2.54. The van der Waals surface area contributed by atoms with E-state index in [-0.39, 0.29) is 0 Å². The largest absolute Gasteiger partial charge is 0.386 e. The molecule has 0 aromatic carbocycles. The third-order valence-electron chi connectivity index (χ3n) is 2.16. The quantitative estimate of drug-likeness (QED) is 0.440. The van der Waals surface area contributed by atoms with Gasteiger partial charge < -0.3 is 8.78 Å². The van der Waals surface area contributed by atoms with Crippen LogP contribution in [0.15, 0.2) is 0 Å². The summed E-state index contributed by atoms with van der Waals surface area (Å²) < 4.78 is 2.54. The van der Waals surface area contributed by atoms with Crippen molar-refractivity contribution in [3.05, 3.63) is 0 Å². The molecule has 0 spiro atoms. The second-order valence-corrected chi connectivity index (χ2v) is 6.04. The van der Waals surface area contributed by atoms with E-state index in [1.807, 2.05) is 0 Å². The first-order valence-electron chi connectivity index (χ1n) is 3.59. The fraction of sp³-hybridized carbons (Fsp3) is 1.00. The lowest BCUT2D eigenvalue weighted by Gasteiger charge is -2.32. The van der Waals surface area contributed by atoms with E-state index in [1.54, 1.807) is 0 Å². The molecule has 1 rings (SSSR count). The van der Waals surface area contributed by atoms with E-state index in [2.05, 4.69) is 28.7 Å². The Morgan fingerprint density at radius 2 is 1.89 bits per heavy atom. The molecule has 3 heteroatoms. The number of likely N-dealkylation sites (N-methyl/N-ethyl adjacent to an activating group) is 2. The van der Waals surface area contributed by atoms with Crippen molar-refractivity contribution in [3.8, 4) is 0 Å². The fourth-order valence-electron chi connectivity index (χ4n) is 1.23. The molecular formula is C6H15AlN2. The average molecular weight is 142 g/mol. The van der Waals surface area contributed by atoms with Gasteiger partial charge in [-0.15, -0.1) is 0 Å². The van der Waals surface area contributed by atoms with E-state index in [4.69, 9.17) is 0 Å². The molecule has 1 aliphatic rings. The Morgan fingerprint density at radius 3 is 2.33 bits per heavy atom. The molecule has 0 aromatic heterocycles. The molecule has 1 heterocycles. The van der Waals surface area contributed by atoms with Gasteiger partial charge in [-0.05, 0) is 26.0 Å². The molecule has 0 aliphatic carbocycles. The van der Waals surface area contributed by atoms with Gasteiger partial charge in [0.2, 0.25) is 0 Å². The van der Waals surface area contributed by atoms with Crippen LogP contribution >= 0.6 is 0 Å². The highest BCUT2D eigenvalue weighted by atomic mass is 27.2. The molecule has 0 aromatic rings. The molecule has 0 N–H and O–H groups in total. The summed E-state index contributed by atoms with van der Waals surface area (Å²) in [5.74, 6) is 2.41. The highest BCUT2D eigenvalue weighted by Gasteiger charge is 2.23. The molecular weight excluding hydrogens is 127 g/mol. The van der Waals surface area contributed by atoms with Gasteiger partial charge in [0.15, 0.2) is 0 Å². The second-order valence-electron chi connectivity index (χ2n) is 3.09. The molecule has 0 radical (unpaired) electrons. The van der Waals surface area contributed by atoms with Crippen molar-refractivity contribution >= 4 is 14.4 Å². The summed E-state index contributed by atoms with van der Waals surface area (Å²) in [6, 6.07) is 0. The van der Waals surface area contributed by atoms with Crippen molar-refractivity contribution in [2.24, 2.45) is 0 Å². The van der Waals surface area contributed by atoms with Crippen LogP contribution in [-0.2, 0) is 0 Å². The van der Waals surface area contributed by atoms with Gasteiger partial charge in [0, 0.05) is 6.54 Å².